The van der Waals surface area contributed by atoms with Crippen LogP contribution in [0.1, 0.15) is 27.2 Å². The summed E-state index contributed by atoms with van der Waals surface area (Å²) in [6, 6.07) is 0. The molecule has 9 nitrogen and oxygen atoms in total. The molecule has 148 valence electrons. The van der Waals surface area contributed by atoms with Gasteiger partial charge >= 0.3 is 17.9 Å². The first-order valence-electron chi connectivity index (χ1n) is 7.62. The predicted octanol–water partition coefficient (Wildman–Crippen LogP) is 1.05. The molecule has 0 aliphatic heterocycles. The van der Waals surface area contributed by atoms with Crippen LogP contribution in [0, 0.1) is 5.41 Å². The van der Waals surface area contributed by atoms with Crippen molar-refractivity contribution in [3.05, 3.63) is 24.3 Å². The quantitative estimate of drug-likeness (QED) is 0.237. The smallest absolute Gasteiger partial charge is 0.333 e. The van der Waals surface area contributed by atoms with Crippen molar-refractivity contribution in [2.45, 2.75) is 27.2 Å². The number of ether oxygens (including phenoxy) is 3. The predicted molar refractivity (Wildman–Crippen MR) is 91.6 cm³/mol. The van der Waals surface area contributed by atoms with Gasteiger partial charge in [-0.1, -0.05) is 20.1 Å². The molecule has 10 heteroatoms. The van der Waals surface area contributed by atoms with Crippen LogP contribution in [-0.4, -0.2) is 56.5 Å². The molecular weight excluding hydrogens is 368 g/mol. The summed E-state index contributed by atoms with van der Waals surface area (Å²) < 4.78 is 45.0. The van der Waals surface area contributed by atoms with Crippen LogP contribution in [-0.2, 0) is 38.7 Å². The fraction of sp³-hybridized carbons (Fsp3) is 0.562. The Morgan fingerprint density at radius 3 is 1.69 bits per heavy atom. The van der Waals surface area contributed by atoms with Crippen LogP contribution in [0.5, 0.6) is 0 Å². The zero-order valence-corrected chi connectivity index (χ0v) is 15.9. The van der Waals surface area contributed by atoms with E-state index in [9.17, 15) is 22.8 Å². The standard InChI is InChI=1S/C16H24O9S/c1-6-16(9-24-13(17)11(2)3,10-25-14(18)12(4)5)15(19)23-7-8-26(20,21)22/h2,4,6-10H2,1,3,5H3,(H,20,21,22). The third-order valence-corrected chi connectivity index (χ3v) is 4.02. The van der Waals surface area contributed by atoms with E-state index in [2.05, 4.69) is 13.2 Å². The average molecular weight is 392 g/mol. The maximum Gasteiger partial charge on any atom is 0.333 e. The fourth-order valence-corrected chi connectivity index (χ4v) is 1.85. The van der Waals surface area contributed by atoms with Crippen LogP contribution in [0.15, 0.2) is 24.3 Å². The zero-order chi connectivity index (χ0) is 20.5. The van der Waals surface area contributed by atoms with Gasteiger partial charge in [-0.2, -0.15) is 8.42 Å². The minimum absolute atomic E-state index is 0.0602. The van der Waals surface area contributed by atoms with Crippen LogP contribution in [0.2, 0.25) is 0 Å². The van der Waals surface area contributed by atoms with Crippen LogP contribution >= 0.6 is 0 Å². The van der Waals surface area contributed by atoms with Gasteiger partial charge in [0.2, 0.25) is 0 Å². The molecule has 0 aromatic carbocycles. The lowest BCUT2D eigenvalue weighted by Gasteiger charge is -2.29. The van der Waals surface area contributed by atoms with E-state index in [1.165, 1.54) is 13.8 Å². The van der Waals surface area contributed by atoms with E-state index in [1.807, 2.05) is 0 Å². The lowest BCUT2D eigenvalue weighted by molar-refractivity contribution is -0.169. The van der Waals surface area contributed by atoms with Crippen molar-refractivity contribution in [1.82, 2.24) is 0 Å². The molecule has 0 saturated heterocycles. The molecule has 0 aromatic heterocycles. The number of hydrogen-bond acceptors (Lipinski definition) is 8. The summed E-state index contributed by atoms with van der Waals surface area (Å²) in [6.45, 7) is 9.70. The van der Waals surface area contributed by atoms with Crippen molar-refractivity contribution in [1.29, 1.82) is 0 Å². The first-order chi connectivity index (χ1) is 11.8. The molecule has 0 heterocycles. The van der Waals surface area contributed by atoms with Crippen molar-refractivity contribution in [3.63, 3.8) is 0 Å². The van der Waals surface area contributed by atoms with Gasteiger partial charge < -0.3 is 14.2 Å². The summed E-state index contributed by atoms with van der Waals surface area (Å²) in [5.41, 5.74) is -1.34. The number of carbonyl (C=O) groups excluding carboxylic acids is 3. The molecule has 0 atom stereocenters. The molecule has 1 N–H and O–H groups in total. The Kier molecular flexibility index (Phi) is 9.22. The van der Waals surface area contributed by atoms with Crippen LogP contribution in [0.25, 0.3) is 0 Å². The average Bonchev–Trinajstić information content (AvgIpc) is 2.53. The monoisotopic (exact) mass is 392 g/mol. The summed E-state index contributed by atoms with van der Waals surface area (Å²) in [4.78, 5) is 35.6. The summed E-state index contributed by atoms with van der Waals surface area (Å²) >= 11 is 0. The second-order valence-electron chi connectivity index (χ2n) is 5.77. The van der Waals surface area contributed by atoms with E-state index in [1.54, 1.807) is 6.92 Å². The van der Waals surface area contributed by atoms with Gasteiger partial charge in [-0.15, -0.1) is 0 Å². The van der Waals surface area contributed by atoms with Crippen molar-refractivity contribution in [3.8, 4) is 0 Å². The van der Waals surface area contributed by atoms with Gasteiger partial charge in [-0.05, 0) is 20.3 Å². The maximum absolute atomic E-state index is 12.4. The first-order valence-corrected chi connectivity index (χ1v) is 9.23. The fourth-order valence-electron chi connectivity index (χ4n) is 1.55. The van der Waals surface area contributed by atoms with Gasteiger partial charge in [0.05, 0.1) is 0 Å². The topological polar surface area (TPSA) is 133 Å². The summed E-state index contributed by atoms with van der Waals surface area (Å²) in [7, 11) is -4.32. The summed E-state index contributed by atoms with van der Waals surface area (Å²) in [5.74, 6) is -3.23. The molecule has 0 rings (SSSR count). The molecular formula is C16H24O9S. The Morgan fingerprint density at radius 1 is 0.962 bits per heavy atom. The molecule has 0 radical (unpaired) electrons. The van der Waals surface area contributed by atoms with Crippen LogP contribution < -0.4 is 0 Å². The van der Waals surface area contributed by atoms with E-state index in [0.717, 1.165) is 0 Å². The molecule has 0 unspecified atom stereocenters. The Balaban J connectivity index is 5.27. The molecule has 0 fully saturated rings. The largest absolute Gasteiger partial charge is 0.464 e. The normalized spacial score (nSPS) is 11.4. The highest BCUT2D eigenvalue weighted by atomic mass is 32.2. The van der Waals surface area contributed by atoms with Crippen molar-refractivity contribution in [2.75, 3.05) is 25.6 Å². The highest BCUT2D eigenvalue weighted by molar-refractivity contribution is 7.85. The third-order valence-electron chi connectivity index (χ3n) is 3.34. The third kappa shape index (κ3) is 8.26. The van der Waals surface area contributed by atoms with Gasteiger partial charge in [0, 0.05) is 11.1 Å². The minimum Gasteiger partial charge on any atom is -0.464 e. The first kappa shape index (κ1) is 23.8. The number of esters is 3. The summed E-state index contributed by atoms with van der Waals surface area (Å²) in [5, 5.41) is 0. The molecule has 0 aliphatic carbocycles. The van der Waals surface area contributed by atoms with Crippen LogP contribution in [0.4, 0.5) is 0 Å². The Bertz CT molecular complexity index is 646. The minimum atomic E-state index is -4.32. The molecule has 0 aliphatic rings. The van der Waals surface area contributed by atoms with Gasteiger partial charge in [0.1, 0.15) is 31.0 Å². The van der Waals surface area contributed by atoms with E-state index < -0.39 is 59.0 Å². The second kappa shape index (κ2) is 10.1. The van der Waals surface area contributed by atoms with Gasteiger partial charge in [0.25, 0.3) is 10.1 Å². The van der Waals surface area contributed by atoms with Gasteiger partial charge in [0.15, 0.2) is 0 Å². The molecule has 26 heavy (non-hydrogen) atoms. The zero-order valence-electron chi connectivity index (χ0n) is 15.1. The highest BCUT2D eigenvalue weighted by Gasteiger charge is 2.42. The molecule has 0 aromatic rings. The van der Waals surface area contributed by atoms with Crippen molar-refractivity contribution >= 4 is 28.0 Å². The molecule has 0 spiro atoms. The molecule has 0 saturated carbocycles. The van der Waals surface area contributed by atoms with E-state index in [4.69, 9.17) is 18.8 Å². The Labute approximate surface area is 152 Å². The second-order valence-corrected chi connectivity index (χ2v) is 7.34. The molecule has 0 amide bonds. The number of hydrogen-bond donors (Lipinski definition) is 1. The SMILES string of the molecule is C=C(C)C(=O)OCC(CC)(COC(=O)C(=C)C)C(=O)OCCS(=O)(=O)O. The maximum atomic E-state index is 12.4. The van der Waals surface area contributed by atoms with Crippen molar-refractivity contribution in [2.24, 2.45) is 5.41 Å². The summed E-state index contributed by atoms with van der Waals surface area (Å²) in [6.07, 6.45) is 0.0602. The highest BCUT2D eigenvalue weighted by Crippen LogP contribution is 2.26. The number of rotatable bonds is 11. The van der Waals surface area contributed by atoms with E-state index >= 15 is 0 Å². The van der Waals surface area contributed by atoms with Gasteiger partial charge in [-0.3, -0.25) is 9.35 Å². The molecule has 0 bridgehead atoms. The van der Waals surface area contributed by atoms with E-state index in [-0.39, 0.29) is 17.6 Å². The van der Waals surface area contributed by atoms with E-state index in [0.29, 0.717) is 0 Å². The number of carbonyl (C=O) groups is 3. The van der Waals surface area contributed by atoms with Crippen LogP contribution in [0.3, 0.4) is 0 Å². The lowest BCUT2D eigenvalue weighted by Crippen LogP contribution is -2.43. The lowest BCUT2D eigenvalue weighted by atomic mass is 9.87. The Morgan fingerprint density at radius 2 is 1.38 bits per heavy atom. The Hall–Kier alpha value is -2.20. The van der Waals surface area contributed by atoms with Gasteiger partial charge in [-0.25, -0.2) is 9.59 Å². The van der Waals surface area contributed by atoms with Crippen molar-refractivity contribution < 1.29 is 41.6 Å².